The number of ether oxygens (including phenoxy) is 2. The quantitative estimate of drug-likeness (QED) is 0.525. The zero-order valence-electron chi connectivity index (χ0n) is 10.8. The molecule has 98 valence electrons. The third kappa shape index (κ3) is 1.25. The Labute approximate surface area is 106 Å². The van der Waals surface area contributed by atoms with Gasteiger partial charge in [-0.2, -0.15) is 0 Å². The second-order valence-corrected chi connectivity index (χ2v) is 5.48. The smallest absolute Gasteiger partial charge is 0.312 e. The van der Waals surface area contributed by atoms with Gasteiger partial charge in [0.2, 0.25) is 5.91 Å². The first kappa shape index (κ1) is 11.7. The molecule has 0 aliphatic carbocycles. The first-order chi connectivity index (χ1) is 8.50. The summed E-state index contributed by atoms with van der Waals surface area (Å²) in [5, 5.41) is 0. The van der Waals surface area contributed by atoms with Crippen LogP contribution in [0.5, 0.6) is 0 Å². The molecule has 1 spiro atoms. The minimum Gasteiger partial charge on any atom is -0.469 e. The number of hydrogen-bond donors (Lipinski definition) is 0. The molecule has 0 N–H and O–H groups in total. The second-order valence-electron chi connectivity index (χ2n) is 5.48. The van der Waals surface area contributed by atoms with Gasteiger partial charge in [0.25, 0.3) is 0 Å². The van der Waals surface area contributed by atoms with Crippen molar-refractivity contribution in [2.45, 2.75) is 31.6 Å². The molecule has 0 saturated carbocycles. The molecule has 2 saturated heterocycles. The number of esters is 1. The fourth-order valence-electron chi connectivity index (χ4n) is 3.37. The van der Waals surface area contributed by atoms with Crippen molar-refractivity contribution in [3.63, 3.8) is 0 Å². The summed E-state index contributed by atoms with van der Waals surface area (Å²) >= 11 is 0. The predicted molar refractivity (Wildman–Crippen MR) is 62.6 cm³/mol. The van der Waals surface area contributed by atoms with Crippen molar-refractivity contribution in [2.75, 3.05) is 13.7 Å². The second kappa shape index (κ2) is 3.57. The van der Waals surface area contributed by atoms with E-state index in [1.807, 2.05) is 26.0 Å². The van der Waals surface area contributed by atoms with Gasteiger partial charge in [-0.25, -0.2) is 0 Å². The predicted octanol–water partition coefficient (Wildman–Crippen LogP) is 0.350. The van der Waals surface area contributed by atoms with Crippen LogP contribution in [0.1, 0.15) is 13.8 Å². The fourth-order valence-corrected chi connectivity index (χ4v) is 3.37. The molecule has 18 heavy (non-hydrogen) atoms. The van der Waals surface area contributed by atoms with Crippen molar-refractivity contribution in [3.8, 4) is 0 Å². The molecular weight excluding hydrogens is 234 g/mol. The van der Waals surface area contributed by atoms with E-state index in [4.69, 9.17) is 9.47 Å². The molecule has 4 atom stereocenters. The van der Waals surface area contributed by atoms with E-state index in [0.717, 1.165) is 0 Å². The Morgan fingerprint density at radius 2 is 2.33 bits per heavy atom. The molecule has 1 amide bonds. The first-order valence-electron chi connectivity index (χ1n) is 6.25. The third-order valence-corrected chi connectivity index (χ3v) is 4.23. The highest BCUT2D eigenvalue weighted by Gasteiger charge is 2.67. The van der Waals surface area contributed by atoms with Gasteiger partial charge >= 0.3 is 5.97 Å². The summed E-state index contributed by atoms with van der Waals surface area (Å²) in [7, 11) is 1.35. The van der Waals surface area contributed by atoms with Crippen molar-refractivity contribution in [3.05, 3.63) is 12.2 Å². The molecule has 0 unspecified atom stereocenters. The van der Waals surface area contributed by atoms with E-state index in [-0.39, 0.29) is 24.0 Å². The lowest BCUT2D eigenvalue weighted by atomic mass is 9.77. The van der Waals surface area contributed by atoms with Crippen LogP contribution in [0.3, 0.4) is 0 Å². The Kier molecular flexibility index (Phi) is 2.32. The van der Waals surface area contributed by atoms with Gasteiger partial charge in [-0.05, 0) is 13.8 Å². The Bertz CT molecular complexity index is 444. The van der Waals surface area contributed by atoms with Gasteiger partial charge in [0.1, 0.15) is 11.5 Å². The number of carbonyl (C=O) groups is 2. The number of hydrogen-bond acceptors (Lipinski definition) is 4. The Hall–Kier alpha value is -1.36. The van der Waals surface area contributed by atoms with Crippen LogP contribution >= 0.6 is 0 Å². The summed E-state index contributed by atoms with van der Waals surface area (Å²) in [6.45, 7) is 4.48. The molecule has 5 nitrogen and oxygen atoms in total. The van der Waals surface area contributed by atoms with E-state index in [0.29, 0.717) is 6.54 Å². The molecule has 2 fully saturated rings. The molecule has 3 heterocycles. The maximum Gasteiger partial charge on any atom is 0.312 e. The van der Waals surface area contributed by atoms with Crippen LogP contribution in [0.25, 0.3) is 0 Å². The SMILES string of the molecule is COC(=O)[C@H]1[C@H]2C=C[C@@]3(CN(C(C)C)C(=O)[C@@H]13)O2. The molecule has 0 aromatic heterocycles. The molecule has 0 aromatic rings. The minimum absolute atomic E-state index is 0.00671. The van der Waals surface area contributed by atoms with E-state index in [1.54, 1.807) is 4.90 Å². The van der Waals surface area contributed by atoms with Crippen LogP contribution in [0, 0.1) is 11.8 Å². The molecule has 5 heteroatoms. The molecule has 3 aliphatic rings. The summed E-state index contributed by atoms with van der Waals surface area (Å²) in [6.07, 6.45) is 3.53. The monoisotopic (exact) mass is 251 g/mol. The van der Waals surface area contributed by atoms with Crippen LogP contribution < -0.4 is 0 Å². The largest absolute Gasteiger partial charge is 0.469 e. The number of likely N-dealkylation sites (tertiary alicyclic amines) is 1. The zero-order valence-corrected chi connectivity index (χ0v) is 10.8. The van der Waals surface area contributed by atoms with Crippen molar-refractivity contribution >= 4 is 11.9 Å². The average Bonchev–Trinajstić information content (AvgIpc) is 2.96. The minimum atomic E-state index is -0.606. The van der Waals surface area contributed by atoms with Gasteiger partial charge in [-0.15, -0.1) is 0 Å². The number of rotatable bonds is 2. The highest BCUT2D eigenvalue weighted by Crippen LogP contribution is 2.52. The summed E-state index contributed by atoms with van der Waals surface area (Å²) in [6, 6.07) is 0.117. The van der Waals surface area contributed by atoms with Gasteiger partial charge in [0.05, 0.1) is 25.7 Å². The Morgan fingerprint density at radius 1 is 1.61 bits per heavy atom. The van der Waals surface area contributed by atoms with Gasteiger partial charge in [-0.1, -0.05) is 12.2 Å². The lowest BCUT2D eigenvalue weighted by Crippen LogP contribution is -2.40. The lowest BCUT2D eigenvalue weighted by Gasteiger charge is -2.24. The topological polar surface area (TPSA) is 55.8 Å². The van der Waals surface area contributed by atoms with Crippen molar-refractivity contribution in [1.29, 1.82) is 0 Å². The van der Waals surface area contributed by atoms with E-state index < -0.39 is 17.4 Å². The number of carbonyl (C=O) groups excluding carboxylic acids is 2. The van der Waals surface area contributed by atoms with Crippen molar-refractivity contribution in [1.82, 2.24) is 4.90 Å². The number of nitrogens with zero attached hydrogens (tertiary/aromatic N) is 1. The fraction of sp³-hybridized carbons (Fsp3) is 0.692. The molecule has 3 aliphatic heterocycles. The maximum atomic E-state index is 12.4. The van der Waals surface area contributed by atoms with Crippen LogP contribution in [-0.2, 0) is 19.1 Å². The van der Waals surface area contributed by atoms with Crippen LogP contribution in [0.15, 0.2) is 12.2 Å². The molecule has 0 radical (unpaired) electrons. The zero-order chi connectivity index (χ0) is 13.1. The Morgan fingerprint density at radius 3 is 2.94 bits per heavy atom. The normalized spacial score (nSPS) is 40.8. The maximum absolute atomic E-state index is 12.4. The summed E-state index contributed by atoms with van der Waals surface area (Å²) in [5.41, 5.74) is -0.606. The molecule has 3 rings (SSSR count). The lowest BCUT2D eigenvalue weighted by molar-refractivity contribution is -0.151. The standard InChI is InChI=1S/C13H17NO4/c1-7(2)14-6-13-5-4-8(18-13)9(12(16)17-3)10(13)11(14)15/h4-5,7-10H,6H2,1-3H3/t8-,9+,10-,13+/m1/s1. The molecule has 0 aromatic carbocycles. The number of amides is 1. The van der Waals surface area contributed by atoms with E-state index in [9.17, 15) is 9.59 Å². The number of methoxy groups -OCH3 is 1. The van der Waals surface area contributed by atoms with Gasteiger partial charge in [-0.3, -0.25) is 9.59 Å². The van der Waals surface area contributed by atoms with E-state index in [1.165, 1.54) is 7.11 Å². The van der Waals surface area contributed by atoms with Crippen LogP contribution in [0.2, 0.25) is 0 Å². The Balaban J connectivity index is 1.98. The van der Waals surface area contributed by atoms with Gasteiger partial charge in [0.15, 0.2) is 0 Å². The molecule has 2 bridgehead atoms. The molecular formula is C13H17NO4. The van der Waals surface area contributed by atoms with Gasteiger partial charge < -0.3 is 14.4 Å². The average molecular weight is 251 g/mol. The van der Waals surface area contributed by atoms with Crippen LogP contribution in [-0.4, -0.2) is 48.2 Å². The van der Waals surface area contributed by atoms with E-state index >= 15 is 0 Å². The third-order valence-electron chi connectivity index (χ3n) is 4.23. The summed E-state index contributed by atoms with van der Waals surface area (Å²) < 4.78 is 10.7. The highest BCUT2D eigenvalue weighted by molar-refractivity contribution is 5.91. The summed E-state index contributed by atoms with van der Waals surface area (Å²) in [5.74, 6) is -1.25. The highest BCUT2D eigenvalue weighted by atomic mass is 16.5. The number of fused-ring (bicyclic) bond motifs is 1. The summed E-state index contributed by atoms with van der Waals surface area (Å²) in [4.78, 5) is 26.1. The van der Waals surface area contributed by atoms with Crippen molar-refractivity contribution in [2.24, 2.45) is 11.8 Å². The van der Waals surface area contributed by atoms with Crippen molar-refractivity contribution < 1.29 is 19.1 Å². The first-order valence-corrected chi connectivity index (χ1v) is 6.25. The van der Waals surface area contributed by atoms with Crippen LogP contribution in [0.4, 0.5) is 0 Å². The van der Waals surface area contributed by atoms with Gasteiger partial charge in [0, 0.05) is 6.04 Å². The van der Waals surface area contributed by atoms with E-state index in [2.05, 4.69) is 0 Å².